The number of likely N-dealkylation sites (tertiary alicyclic amines) is 1. The third-order valence-corrected chi connectivity index (χ3v) is 6.27. The molecule has 23 heavy (non-hydrogen) atoms. The Kier molecular flexibility index (Phi) is 4.20. The van der Waals surface area contributed by atoms with Crippen molar-refractivity contribution in [2.75, 3.05) is 13.7 Å². The summed E-state index contributed by atoms with van der Waals surface area (Å²) >= 11 is 0. The highest BCUT2D eigenvalue weighted by molar-refractivity contribution is 5.87. The average molecular weight is 323 g/mol. The summed E-state index contributed by atoms with van der Waals surface area (Å²) in [4.78, 5) is 26.6. The second kappa shape index (κ2) is 5.76. The van der Waals surface area contributed by atoms with E-state index in [9.17, 15) is 14.7 Å². The average Bonchev–Trinajstić information content (AvgIpc) is 3.03. The number of rotatable bonds is 6. The maximum Gasteiger partial charge on any atom is 0.304 e. The molecule has 2 bridgehead atoms. The van der Waals surface area contributed by atoms with Gasteiger partial charge >= 0.3 is 5.97 Å². The highest BCUT2D eigenvalue weighted by Gasteiger charge is 2.61. The number of carboxylic acid groups (broad SMARTS) is 1. The summed E-state index contributed by atoms with van der Waals surface area (Å²) < 4.78 is 5.72. The largest absolute Gasteiger partial charge is 0.481 e. The first-order valence-electron chi connectivity index (χ1n) is 8.82. The van der Waals surface area contributed by atoms with Crippen LogP contribution in [-0.2, 0) is 14.3 Å². The number of amides is 1. The van der Waals surface area contributed by atoms with E-state index in [-0.39, 0.29) is 30.4 Å². The van der Waals surface area contributed by atoms with Crippen LogP contribution in [0.3, 0.4) is 0 Å². The Balaban J connectivity index is 1.84. The molecule has 1 aliphatic heterocycles. The first kappa shape index (κ1) is 16.7. The predicted molar refractivity (Wildman–Crippen MR) is 85.8 cm³/mol. The summed E-state index contributed by atoms with van der Waals surface area (Å²) in [6.07, 6.45) is 2.97. The number of ether oxygens (including phenoxy) is 1. The Labute approximate surface area is 138 Å². The Bertz CT molecular complexity index is 503. The molecule has 3 rings (SSSR count). The summed E-state index contributed by atoms with van der Waals surface area (Å²) in [7, 11) is 1.74. The van der Waals surface area contributed by atoms with Gasteiger partial charge in [0.2, 0.25) is 5.91 Å². The van der Waals surface area contributed by atoms with Crippen LogP contribution in [0.15, 0.2) is 0 Å². The summed E-state index contributed by atoms with van der Waals surface area (Å²) in [5.74, 6) is 1.15. The molecule has 1 amide bonds. The van der Waals surface area contributed by atoms with Crippen LogP contribution in [0.1, 0.15) is 46.5 Å². The molecule has 6 unspecified atom stereocenters. The van der Waals surface area contributed by atoms with E-state index < -0.39 is 11.4 Å². The minimum atomic E-state index is -0.892. The zero-order valence-corrected chi connectivity index (χ0v) is 14.6. The molecule has 6 atom stereocenters. The Morgan fingerprint density at radius 1 is 1.30 bits per heavy atom. The van der Waals surface area contributed by atoms with Gasteiger partial charge in [0.25, 0.3) is 0 Å². The number of hydrogen-bond acceptors (Lipinski definition) is 3. The second-order valence-corrected chi connectivity index (χ2v) is 8.53. The maximum atomic E-state index is 13.3. The maximum absolute atomic E-state index is 13.3. The van der Waals surface area contributed by atoms with Gasteiger partial charge in [0.1, 0.15) is 0 Å². The number of methoxy groups -OCH3 is 1. The van der Waals surface area contributed by atoms with Crippen molar-refractivity contribution in [3.8, 4) is 0 Å². The molecule has 0 aromatic rings. The minimum Gasteiger partial charge on any atom is -0.481 e. The standard InChI is InChI=1S/C18H29NO4/c1-10(2)7-18(3,8-14(20)21)17(22)19-9-12-5-11-6-13(12)15(19)16(11)23-4/h10-13,15-16H,5-9H2,1-4H3,(H,20,21). The van der Waals surface area contributed by atoms with E-state index in [1.54, 1.807) is 7.11 Å². The first-order chi connectivity index (χ1) is 10.8. The Hall–Kier alpha value is -1.10. The van der Waals surface area contributed by atoms with Gasteiger partial charge in [-0.3, -0.25) is 9.59 Å². The van der Waals surface area contributed by atoms with E-state index in [1.807, 2.05) is 25.7 Å². The van der Waals surface area contributed by atoms with Crippen LogP contribution < -0.4 is 0 Å². The molecule has 0 radical (unpaired) electrons. The molecule has 2 saturated carbocycles. The van der Waals surface area contributed by atoms with Gasteiger partial charge in [-0.05, 0) is 42.9 Å². The fraction of sp³-hybridized carbons (Fsp3) is 0.889. The van der Waals surface area contributed by atoms with Crippen molar-refractivity contribution in [2.45, 2.75) is 58.6 Å². The van der Waals surface area contributed by atoms with Crippen LogP contribution in [0.25, 0.3) is 0 Å². The fourth-order valence-corrected chi connectivity index (χ4v) is 5.77. The van der Waals surface area contributed by atoms with Gasteiger partial charge in [0, 0.05) is 13.7 Å². The van der Waals surface area contributed by atoms with E-state index in [0.29, 0.717) is 24.2 Å². The van der Waals surface area contributed by atoms with Crippen molar-refractivity contribution in [2.24, 2.45) is 29.1 Å². The fourth-order valence-electron chi connectivity index (χ4n) is 5.77. The number of aliphatic carboxylic acids is 1. The molecule has 1 saturated heterocycles. The van der Waals surface area contributed by atoms with Gasteiger partial charge in [-0.15, -0.1) is 0 Å². The lowest BCUT2D eigenvalue weighted by Gasteiger charge is -2.37. The molecule has 0 aromatic carbocycles. The predicted octanol–water partition coefficient (Wildman–Crippen LogP) is 2.40. The lowest BCUT2D eigenvalue weighted by Crippen LogP contribution is -2.50. The Morgan fingerprint density at radius 2 is 2.00 bits per heavy atom. The summed E-state index contributed by atoms with van der Waals surface area (Å²) in [5, 5.41) is 9.30. The van der Waals surface area contributed by atoms with E-state index in [0.717, 1.165) is 19.4 Å². The SMILES string of the molecule is COC1C2CC3CN(C(=O)C(C)(CC(=O)O)CC(C)C)C1C3C2. The van der Waals surface area contributed by atoms with Crippen molar-refractivity contribution < 1.29 is 19.4 Å². The zero-order valence-electron chi connectivity index (χ0n) is 14.6. The molecular formula is C18H29NO4. The quantitative estimate of drug-likeness (QED) is 0.815. The van der Waals surface area contributed by atoms with Gasteiger partial charge in [0.05, 0.1) is 24.0 Å². The number of hydrogen-bond donors (Lipinski definition) is 1. The van der Waals surface area contributed by atoms with Crippen molar-refractivity contribution in [3.05, 3.63) is 0 Å². The van der Waals surface area contributed by atoms with E-state index in [2.05, 4.69) is 0 Å². The number of carbonyl (C=O) groups excluding carboxylic acids is 1. The van der Waals surface area contributed by atoms with Crippen molar-refractivity contribution >= 4 is 11.9 Å². The summed E-state index contributed by atoms with van der Waals surface area (Å²) in [5.41, 5.74) is -0.819. The molecule has 2 aliphatic carbocycles. The zero-order chi connectivity index (χ0) is 16.9. The van der Waals surface area contributed by atoms with Gasteiger partial charge < -0.3 is 14.7 Å². The Morgan fingerprint density at radius 3 is 2.57 bits per heavy atom. The van der Waals surface area contributed by atoms with Crippen LogP contribution >= 0.6 is 0 Å². The molecule has 3 fully saturated rings. The topological polar surface area (TPSA) is 66.8 Å². The first-order valence-corrected chi connectivity index (χ1v) is 8.82. The molecule has 5 heteroatoms. The number of fused-ring (bicyclic) bond motifs is 1. The third-order valence-electron chi connectivity index (χ3n) is 6.27. The summed E-state index contributed by atoms with van der Waals surface area (Å²) in [6.45, 7) is 6.71. The molecule has 1 N–H and O–H groups in total. The van der Waals surface area contributed by atoms with Gasteiger partial charge in [-0.25, -0.2) is 0 Å². The van der Waals surface area contributed by atoms with Crippen molar-refractivity contribution in [1.29, 1.82) is 0 Å². The van der Waals surface area contributed by atoms with Gasteiger partial charge in [-0.2, -0.15) is 0 Å². The monoisotopic (exact) mass is 323 g/mol. The van der Waals surface area contributed by atoms with Crippen molar-refractivity contribution in [1.82, 2.24) is 4.90 Å². The normalized spacial score (nSPS) is 37.4. The molecule has 0 aromatic heterocycles. The molecule has 130 valence electrons. The van der Waals surface area contributed by atoms with Crippen molar-refractivity contribution in [3.63, 3.8) is 0 Å². The van der Waals surface area contributed by atoms with Gasteiger partial charge in [-0.1, -0.05) is 20.8 Å². The van der Waals surface area contributed by atoms with Crippen LogP contribution in [0.2, 0.25) is 0 Å². The van der Waals surface area contributed by atoms with Crippen LogP contribution in [0.4, 0.5) is 0 Å². The molecule has 1 heterocycles. The molecule has 5 nitrogen and oxygen atoms in total. The summed E-state index contributed by atoms with van der Waals surface area (Å²) in [6, 6.07) is 0.163. The van der Waals surface area contributed by atoms with Crippen LogP contribution in [0, 0.1) is 29.1 Å². The highest BCUT2D eigenvalue weighted by Crippen LogP contribution is 2.56. The third kappa shape index (κ3) is 2.67. The minimum absolute atomic E-state index is 0.0238. The second-order valence-electron chi connectivity index (χ2n) is 8.53. The lowest BCUT2D eigenvalue weighted by atomic mass is 9.77. The smallest absolute Gasteiger partial charge is 0.304 e. The van der Waals surface area contributed by atoms with Crippen LogP contribution in [-0.4, -0.2) is 47.7 Å². The van der Waals surface area contributed by atoms with Crippen LogP contribution in [0.5, 0.6) is 0 Å². The number of nitrogens with zero attached hydrogens (tertiary/aromatic N) is 1. The molecule has 0 spiro atoms. The highest BCUT2D eigenvalue weighted by atomic mass is 16.5. The number of carbonyl (C=O) groups is 2. The lowest BCUT2D eigenvalue weighted by molar-refractivity contribution is -0.153. The van der Waals surface area contributed by atoms with E-state index >= 15 is 0 Å². The number of carboxylic acids is 1. The van der Waals surface area contributed by atoms with E-state index in [4.69, 9.17) is 4.74 Å². The van der Waals surface area contributed by atoms with Gasteiger partial charge in [0.15, 0.2) is 0 Å². The molecule has 3 aliphatic rings. The van der Waals surface area contributed by atoms with E-state index in [1.165, 1.54) is 0 Å². The molecular weight excluding hydrogens is 294 g/mol.